The summed E-state index contributed by atoms with van der Waals surface area (Å²) in [6, 6.07) is 6.24. The first-order chi connectivity index (χ1) is 10.2. The second-order valence-corrected chi connectivity index (χ2v) is 6.32. The number of fused-ring (bicyclic) bond motifs is 1. The monoisotopic (exact) mass is 291 g/mol. The van der Waals surface area contributed by atoms with Crippen molar-refractivity contribution >= 4 is 5.69 Å². The minimum absolute atomic E-state index is 0.0824. The number of halogens is 1. The summed E-state index contributed by atoms with van der Waals surface area (Å²) in [7, 11) is 1.93. The fourth-order valence-corrected chi connectivity index (χ4v) is 3.78. The SMILES string of the molecule is CNC(C)c1cccc(F)c1N1CCCN2CCCC2C1. The van der Waals surface area contributed by atoms with Crippen molar-refractivity contribution in [1.82, 2.24) is 10.2 Å². The van der Waals surface area contributed by atoms with Gasteiger partial charge in [0.1, 0.15) is 5.82 Å². The number of rotatable bonds is 3. The van der Waals surface area contributed by atoms with Crippen molar-refractivity contribution in [2.75, 3.05) is 38.1 Å². The smallest absolute Gasteiger partial charge is 0.146 e. The molecule has 0 aromatic heterocycles. The Labute approximate surface area is 127 Å². The maximum absolute atomic E-state index is 14.5. The van der Waals surface area contributed by atoms with Gasteiger partial charge in [0.25, 0.3) is 0 Å². The van der Waals surface area contributed by atoms with Gasteiger partial charge in [0.15, 0.2) is 0 Å². The molecule has 2 aliphatic heterocycles. The first-order valence-corrected chi connectivity index (χ1v) is 8.15. The number of benzene rings is 1. The van der Waals surface area contributed by atoms with Gasteiger partial charge in [-0.05, 0) is 51.4 Å². The normalized spacial score (nSPS) is 24.7. The minimum atomic E-state index is -0.0824. The van der Waals surface area contributed by atoms with Crippen LogP contribution in [0.4, 0.5) is 10.1 Å². The highest BCUT2D eigenvalue weighted by Crippen LogP contribution is 2.32. The molecule has 2 saturated heterocycles. The number of nitrogens with zero attached hydrogens (tertiary/aromatic N) is 2. The van der Waals surface area contributed by atoms with Crippen LogP contribution in [0.2, 0.25) is 0 Å². The Balaban J connectivity index is 1.91. The molecule has 0 saturated carbocycles. The fraction of sp³-hybridized carbons (Fsp3) is 0.647. The van der Waals surface area contributed by atoms with Crippen LogP contribution in [0.25, 0.3) is 0 Å². The Hall–Kier alpha value is -1.13. The molecule has 0 radical (unpaired) electrons. The lowest BCUT2D eigenvalue weighted by molar-refractivity contribution is 0.273. The number of nitrogens with one attached hydrogen (secondary N) is 1. The minimum Gasteiger partial charge on any atom is -0.367 e. The highest BCUT2D eigenvalue weighted by molar-refractivity contribution is 5.56. The van der Waals surface area contributed by atoms with Crippen LogP contribution in [0.1, 0.15) is 37.8 Å². The summed E-state index contributed by atoms with van der Waals surface area (Å²) in [6.45, 7) is 6.39. The summed E-state index contributed by atoms with van der Waals surface area (Å²) in [6.07, 6.45) is 3.66. The summed E-state index contributed by atoms with van der Waals surface area (Å²) in [5, 5.41) is 3.25. The molecule has 0 spiro atoms. The third-order valence-corrected chi connectivity index (χ3v) is 5.04. The van der Waals surface area contributed by atoms with Gasteiger partial charge >= 0.3 is 0 Å². The molecular formula is C17H26FN3. The molecule has 1 aromatic rings. The van der Waals surface area contributed by atoms with Gasteiger partial charge in [0.2, 0.25) is 0 Å². The van der Waals surface area contributed by atoms with Crippen molar-refractivity contribution in [2.24, 2.45) is 0 Å². The van der Waals surface area contributed by atoms with Crippen LogP contribution >= 0.6 is 0 Å². The zero-order chi connectivity index (χ0) is 14.8. The Morgan fingerprint density at radius 3 is 2.86 bits per heavy atom. The fourth-order valence-electron chi connectivity index (χ4n) is 3.78. The van der Waals surface area contributed by atoms with E-state index in [2.05, 4.69) is 28.1 Å². The zero-order valence-corrected chi connectivity index (χ0v) is 13.1. The third-order valence-electron chi connectivity index (χ3n) is 5.04. The van der Waals surface area contributed by atoms with Crippen LogP contribution in [0, 0.1) is 5.82 Å². The summed E-state index contributed by atoms with van der Waals surface area (Å²) in [4.78, 5) is 4.87. The zero-order valence-electron chi connectivity index (χ0n) is 13.1. The van der Waals surface area contributed by atoms with Crippen LogP contribution in [-0.2, 0) is 0 Å². The van der Waals surface area contributed by atoms with Crippen molar-refractivity contribution in [3.05, 3.63) is 29.6 Å². The average Bonchev–Trinajstić information content (AvgIpc) is 2.83. The molecule has 2 unspecified atom stereocenters. The maximum atomic E-state index is 14.5. The molecule has 4 heteroatoms. The number of hydrogen-bond acceptors (Lipinski definition) is 3. The topological polar surface area (TPSA) is 18.5 Å². The predicted molar refractivity (Wildman–Crippen MR) is 85.3 cm³/mol. The number of para-hydroxylation sites is 1. The molecule has 1 aromatic carbocycles. The van der Waals surface area contributed by atoms with E-state index in [1.54, 1.807) is 6.07 Å². The van der Waals surface area contributed by atoms with Crippen molar-refractivity contribution in [3.63, 3.8) is 0 Å². The van der Waals surface area contributed by atoms with Gasteiger partial charge < -0.3 is 10.2 Å². The first kappa shape index (κ1) is 14.8. The molecular weight excluding hydrogens is 265 g/mol. The van der Waals surface area contributed by atoms with E-state index < -0.39 is 0 Å². The van der Waals surface area contributed by atoms with E-state index >= 15 is 0 Å². The first-order valence-electron chi connectivity index (χ1n) is 8.15. The molecule has 2 aliphatic rings. The van der Waals surface area contributed by atoms with Gasteiger partial charge in [-0.25, -0.2) is 4.39 Å². The van der Waals surface area contributed by atoms with Gasteiger partial charge in [0, 0.05) is 31.7 Å². The van der Waals surface area contributed by atoms with E-state index in [0.717, 1.165) is 37.3 Å². The van der Waals surface area contributed by atoms with Crippen molar-refractivity contribution in [2.45, 2.75) is 38.3 Å². The highest BCUT2D eigenvalue weighted by atomic mass is 19.1. The lowest BCUT2D eigenvalue weighted by Gasteiger charge is -2.30. The van der Waals surface area contributed by atoms with Gasteiger partial charge in [-0.1, -0.05) is 12.1 Å². The van der Waals surface area contributed by atoms with Crippen LogP contribution in [0.15, 0.2) is 18.2 Å². The summed E-state index contributed by atoms with van der Waals surface area (Å²) in [5.74, 6) is -0.0824. The van der Waals surface area contributed by atoms with Crippen molar-refractivity contribution in [3.8, 4) is 0 Å². The Kier molecular flexibility index (Phi) is 4.45. The van der Waals surface area contributed by atoms with Crippen molar-refractivity contribution < 1.29 is 4.39 Å². The van der Waals surface area contributed by atoms with Gasteiger partial charge in [0.05, 0.1) is 5.69 Å². The molecule has 2 fully saturated rings. The summed E-state index contributed by atoms with van der Waals surface area (Å²) >= 11 is 0. The van der Waals surface area contributed by atoms with Gasteiger partial charge in [-0.15, -0.1) is 0 Å². The molecule has 0 aliphatic carbocycles. The Morgan fingerprint density at radius 1 is 1.24 bits per heavy atom. The number of hydrogen-bond donors (Lipinski definition) is 1. The van der Waals surface area contributed by atoms with E-state index in [9.17, 15) is 4.39 Å². The van der Waals surface area contributed by atoms with E-state index in [1.165, 1.54) is 19.4 Å². The maximum Gasteiger partial charge on any atom is 0.146 e. The lowest BCUT2D eigenvalue weighted by Crippen LogP contribution is -2.37. The predicted octanol–water partition coefficient (Wildman–Crippen LogP) is 2.78. The van der Waals surface area contributed by atoms with E-state index in [4.69, 9.17) is 0 Å². The van der Waals surface area contributed by atoms with E-state index in [-0.39, 0.29) is 11.9 Å². The van der Waals surface area contributed by atoms with E-state index in [0.29, 0.717) is 6.04 Å². The molecule has 0 bridgehead atoms. The average molecular weight is 291 g/mol. The Bertz CT molecular complexity index is 491. The molecule has 1 N–H and O–H groups in total. The van der Waals surface area contributed by atoms with E-state index in [1.807, 2.05) is 13.1 Å². The Morgan fingerprint density at radius 2 is 2.05 bits per heavy atom. The summed E-state index contributed by atoms with van der Waals surface area (Å²) < 4.78 is 14.5. The largest absolute Gasteiger partial charge is 0.367 e. The van der Waals surface area contributed by atoms with Crippen LogP contribution in [0.3, 0.4) is 0 Å². The molecule has 3 nitrogen and oxygen atoms in total. The van der Waals surface area contributed by atoms with Crippen molar-refractivity contribution in [1.29, 1.82) is 0 Å². The van der Waals surface area contributed by atoms with Gasteiger partial charge in [-0.3, -0.25) is 4.90 Å². The molecule has 116 valence electrons. The lowest BCUT2D eigenvalue weighted by atomic mass is 10.0. The standard InChI is InChI=1S/C17H26FN3/c1-13(19-2)15-7-3-8-16(18)17(15)21-11-5-10-20-9-4-6-14(20)12-21/h3,7-8,13-14,19H,4-6,9-12H2,1-2H3. The quantitative estimate of drug-likeness (QED) is 0.924. The summed E-state index contributed by atoms with van der Waals surface area (Å²) in [5.41, 5.74) is 1.89. The second kappa shape index (κ2) is 6.32. The third kappa shape index (κ3) is 2.92. The molecule has 2 heterocycles. The molecule has 3 rings (SSSR count). The van der Waals surface area contributed by atoms with Gasteiger partial charge in [-0.2, -0.15) is 0 Å². The number of anilines is 1. The highest BCUT2D eigenvalue weighted by Gasteiger charge is 2.30. The van der Waals surface area contributed by atoms with Crippen LogP contribution in [0.5, 0.6) is 0 Å². The molecule has 21 heavy (non-hydrogen) atoms. The second-order valence-electron chi connectivity index (χ2n) is 6.32. The molecule has 0 amide bonds. The van der Waals surface area contributed by atoms with Crippen LogP contribution in [-0.4, -0.2) is 44.2 Å². The molecule has 2 atom stereocenters. The van der Waals surface area contributed by atoms with Crippen LogP contribution < -0.4 is 10.2 Å².